The number of carbonyl (C=O) groups is 1. The van der Waals surface area contributed by atoms with Crippen LogP contribution in [0.15, 0.2) is 48.5 Å². The number of halogens is 1. The second kappa shape index (κ2) is 9.38. The second-order valence-electron chi connectivity index (χ2n) is 7.49. The molecular weight excluding hydrogens is 356 g/mol. The average Bonchev–Trinajstić information content (AvgIpc) is 2.70. The molecule has 144 valence electrons. The normalized spacial score (nSPS) is 18.9. The van der Waals surface area contributed by atoms with Gasteiger partial charge in [0.2, 0.25) is 5.91 Å². The molecule has 0 aromatic heterocycles. The molecule has 0 spiro atoms. The molecule has 3 nitrogen and oxygen atoms in total. The highest BCUT2D eigenvalue weighted by atomic mass is 35.5. The van der Waals surface area contributed by atoms with E-state index >= 15 is 0 Å². The number of likely N-dealkylation sites (tertiary alicyclic amines) is 1. The van der Waals surface area contributed by atoms with Crippen LogP contribution in [0.2, 0.25) is 5.02 Å². The lowest BCUT2D eigenvalue weighted by Crippen LogP contribution is -2.43. The molecule has 3 rings (SSSR count). The fourth-order valence-electron chi connectivity index (χ4n) is 3.74. The monoisotopic (exact) mass is 384 g/mol. The summed E-state index contributed by atoms with van der Waals surface area (Å²) in [5, 5.41) is 4.01. The summed E-state index contributed by atoms with van der Waals surface area (Å²) in [6.07, 6.45) is 3.03. The van der Waals surface area contributed by atoms with Crippen LogP contribution in [-0.2, 0) is 17.8 Å². The molecule has 1 heterocycles. The first-order chi connectivity index (χ1) is 13.1. The van der Waals surface area contributed by atoms with Gasteiger partial charge in [0, 0.05) is 18.1 Å². The van der Waals surface area contributed by atoms with Crippen molar-refractivity contribution in [3.63, 3.8) is 0 Å². The summed E-state index contributed by atoms with van der Waals surface area (Å²) >= 11 is 6.29. The molecule has 2 aromatic rings. The van der Waals surface area contributed by atoms with Crippen molar-refractivity contribution in [3.8, 4) is 0 Å². The van der Waals surface area contributed by atoms with E-state index in [9.17, 15) is 4.79 Å². The van der Waals surface area contributed by atoms with Crippen molar-refractivity contribution in [1.82, 2.24) is 10.2 Å². The maximum absolute atomic E-state index is 12.8. The second-order valence-corrected chi connectivity index (χ2v) is 7.90. The molecule has 0 saturated carbocycles. The van der Waals surface area contributed by atoms with Gasteiger partial charge in [0.05, 0.1) is 12.0 Å². The molecule has 1 aliphatic heterocycles. The summed E-state index contributed by atoms with van der Waals surface area (Å²) in [5.74, 6) is 0.199. The van der Waals surface area contributed by atoms with Gasteiger partial charge < -0.3 is 5.32 Å². The number of benzene rings is 2. The quantitative estimate of drug-likeness (QED) is 0.760. The number of amides is 1. The molecule has 1 aliphatic rings. The van der Waals surface area contributed by atoms with Crippen LogP contribution < -0.4 is 5.32 Å². The van der Waals surface area contributed by atoms with E-state index in [0.717, 1.165) is 55.0 Å². The molecule has 4 heteroatoms. The zero-order valence-electron chi connectivity index (χ0n) is 16.2. The molecule has 1 N–H and O–H groups in total. The number of nitrogens with one attached hydrogen (secondary N) is 1. The van der Waals surface area contributed by atoms with Gasteiger partial charge in [-0.3, -0.25) is 9.69 Å². The Morgan fingerprint density at radius 3 is 2.67 bits per heavy atom. The van der Waals surface area contributed by atoms with Crippen LogP contribution in [0, 0.1) is 5.92 Å². The van der Waals surface area contributed by atoms with Crippen LogP contribution in [0.1, 0.15) is 49.4 Å². The van der Waals surface area contributed by atoms with Crippen molar-refractivity contribution in [2.45, 2.75) is 45.7 Å². The summed E-state index contributed by atoms with van der Waals surface area (Å²) in [6.45, 7) is 6.82. The van der Waals surface area contributed by atoms with Crippen LogP contribution in [0.25, 0.3) is 0 Å². The molecule has 0 unspecified atom stereocenters. The van der Waals surface area contributed by atoms with Crippen LogP contribution in [0.4, 0.5) is 0 Å². The number of aryl methyl sites for hydroxylation is 1. The zero-order chi connectivity index (χ0) is 19.2. The van der Waals surface area contributed by atoms with E-state index in [-0.39, 0.29) is 17.9 Å². The molecular formula is C23H29ClN2O. The fraction of sp³-hybridized carbons (Fsp3) is 0.435. The number of hydrogen-bond donors (Lipinski definition) is 1. The van der Waals surface area contributed by atoms with Gasteiger partial charge in [0.25, 0.3) is 0 Å². The number of hydrogen-bond acceptors (Lipinski definition) is 2. The van der Waals surface area contributed by atoms with Gasteiger partial charge in [-0.2, -0.15) is 0 Å². The largest absolute Gasteiger partial charge is 0.349 e. The average molecular weight is 385 g/mol. The first-order valence-electron chi connectivity index (χ1n) is 9.91. The van der Waals surface area contributed by atoms with Gasteiger partial charge in [-0.25, -0.2) is 0 Å². The van der Waals surface area contributed by atoms with Gasteiger partial charge in [0.1, 0.15) is 0 Å². The number of nitrogens with zero attached hydrogens (tertiary/aromatic N) is 1. The minimum Gasteiger partial charge on any atom is -0.349 e. The Balaban J connectivity index is 1.56. The SMILES string of the molecule is CCc1ccc([C@@H](C)NC(=O)[C@@H]2CCCN(Cc3ccccc3Cl)C2)cc1. The predicted octanol–water partition coefficient (Wildman–Crippen LogP) is 4.99. The van der Waals surface area contributed by atoms with Gasteiger partial charge in [-0.1, -0.05) is 61.0 Å². The highest BCUT2D eigenvalue weighted by Gasteiger charge is 2.27. The Morgan fingerprint density at radius 1 is 1.22 bits per heavy atom. The van der Waals surface area contributed by atoms with Gasteiger partial charge >= 0.3 is 0 Å². The van der Waals surface area contributed by atoms with Gasteiger partial charge in [-0.05, 0) is 55.5 Å². The number of carbonyl (C=O) groups excluding carboxylic acids is 1. The van der Waals surface area contributed by atoms with Crippen molar-refractivity contribution in [1.29, 1.82) is 0 Å². The predicted molar refractivity (Wildman–Crippen MR) is 112 cm³/mol. The van der Waals surface area contributed by atoms with Gasteiger partial charge in [0.15, 0.2) is 0 Å². The Bertz CT molecular complexity index is 759. The first kappa shape index (κ1) is 19.9. The van der Waals surface area contributed by atoms with Crippen molar-refractivity contribution >= 4 is 17.5 Å². The maximum atomic E-state index is 12.8. The van der Waals surface area contributed by atoms with Crippen LogP contribution in [0.5, 0.6) is 0 Å². The molecule has 2 atom stereocenters. The highest BCUT2D eigenvalue weighted by molar-refractivity contribution is 6.31. The molecule has 0 radical (unpaired) electrons. The first-order valence-corrected chi connectivity index (χ1v) is 10.3. The van der Waals surface area contributed by atoms with Crippen molar-refractivity contribution in [2.75, 3.05) is 13.1 Å². The lowest BCUT2D eigenvalue weighted by Gasteiger charge is -2.32. The standard InChI is InChI=1S/C23H29ClN2O/c1-3-18-10-12-19(13-11-18)17(2)25-23(27)21-8-6-14-26(16-21)15-20-7-4-5-9-22(20)24/h4-5,7,9-13,17,21H,3,6,8,14-16H2,1-2H3,(H,25,27)/t17-,21-/m1/s1. The Kier molecular flexibility index (Phi) is 6.92. The Hall–Kier alpha value is -1.84. The summed E-state index contributed by atoms with van der Waals surface area (Å²) in [5.41, 5.74) is 3.61. The summed E-state index contributed by atoms with van der Waals surface area (Å²) < 4.78 is 0. The van der Waals surface area contributed by atoms with Crippen LogP contribution in [0.3, 0.4) is 0 Å². The van der Waals surface area contributed by atoms with Crippen molar-refractivity contribution < 1.29 is 4.79 Å². The van der Waals surface area contributed by atoms with E-state index in [4.69, 9.17) is 11.6 Å². The topological polar surface area (TPSA) is 32.3 Å². The summed E-state index contributed by atoms with van der Waals surface area (Å²) in [4.78, 5) is 15.1. The minimum atomic E-state index is 0.0300. The molecule has 1 fully saturated rings. The van der Waals surface area contributed by atoms with Crippen molar-refractivity contribution in [2.24, 2.45) is 5.92 Å². The van der Waals surface area contributed by atoms with E-state index in [1.165, 1.54) is 5.56 Å². The molecule has 2 aromatic carbocycles. The molecule has 27 heavy (non-hydrogen) atoms. The molecule has 0 bridgehead atoms. The lowest BCUT2D eigenvalue weighted by atomic mass is 9.95. The lowest BCUT2D eigenvalue weighted by molar-refractivity contribution is -0.127. The maximum Gasteiger partial charge on any atom is 0.224 e. The van der Waals surface area contributed by atoms with Crippen LogP contribution >= 0.6 is 11.6 Å². The number of rotatable bonds is 6. The molecule has 1 saturated heterocycles. The third-order valence-electron chi connectivity index (χ3n) is 5.47. The zero-order valence-corrected chi connectivity index (χ0v) is 17.0. The Morgan fingerprint density at radius 2 is 1.96 bits per heavy atom. The third kappa shape index (κ3) is 5.33. The Labute approximate surface area is 167 Å². The highest BCUT2D eigenvalue weighted by Crippen LogP contribution is 2.23. The van der Waals surface area contributed by atoms with E-state index in [0.29, 0.717) is 0 Å². The van der Waals surface area contributed by atoms with E-state index in [1.807, 2.05) is 18.2 Å². The van der Waals surface area contributed by atoms with Crippen LogP contribution in [-0.4, -0.2) is 23.9 Å². The van der Waals surface area contributed by atoms with E-state index < -0.39 is 0 Å². The third-order valence-corrected chi connectivity index (χ3v) is 5.84. The van der Waals surface area contributed by atoms with E-state index in [1.54, 1.807) is 0 Å². The molecule has 1 amide bonds. The van der Waals surface area contributed by atoms with Crippen molar-refractivity contribution in [3.05, 3.63) is 70.2 Å². The molecule has 0 aliphatic carbocycles. The summed E-state index contributed by atoms with van der Waals surface area (Å²) in [6, 6.07) is 16.5. The van der Waals surface area contributed by atoms with E-state index in [2.05, 4.69) is 54.4 Å². The summed E-state index contributed by atoms with van der Waals surface area (Å²) in [7, 11) is 0. The minimum absolute atomic E-state index is 0.0300. The number of piperidine rings is 1. The van der Waals surface area contributed by atoms with Gasteiger partial charge in [-0.15, -0.1) is 0 Å². The smallest absolute Gasteiger partial charge is 0.224 e. The fourth-order valence-corrected chi connectivity index (χ4v) is 3.93.